The van der Waals surface area contributed by atoms with Crippen molar-refractivity contribution >= 4 is 128 Å². The number of rotatable bonds is 7. The molecule has 13 heteroatoms. The maximum atomic E-state index is 10.8. The van der Waals surface area contributed by atoms with Gasteiger partial charge in [-0.05, 0) is 0 Å². The molecule has 0 amide bonds. The Bertz CT molecular complexity index is 331. The molecule has 0 aliphatic heterocycles. The van der Waals surface area contributed by atoms with Crippen LogP contribution in [0.25, 0.3) is 0 Å². The van der Waals surface area contributed by atoms with Gasteiger partial charge in [-0.3, -0.25) is 19.2 Å². The molecule has 118 valence electrons. The van der Waals surface area contributed by atoms with Crippen molar-refractivity contribution in [1.29, 1.82) is 0 Å². The van der Waals surface area contributed by atoms with Crippen LogP contribution < -0.4 is 0 Å². The molecule has 0 saturated carbocycles. The van der Waals surface area contributed by atoms with Gasteiger partial charge in [0.2, 0.25) is 0 Å². The summed E-state index contributed by atoms with van der Waals surface area (Å²) in [6.45, 7) is 3.97. The van der Waals surface area contributed by atoms with Gasteiger partial charge >= 0.3 is 23.9 Å². The molecule has 0 atom stereocenters. The second-order valence-corrected chi connectivity index (χ2v) is 3.44. The first-order valence-electron chi connectivity index (χ1n) is 5.50. The van der Waals surface area contributed by atoms with Crippen LogP contribution in [0.4, 0.5) is 0 Å². The van der Waals surface area contributed by atoms with Crippen LogP contribution in [-0.2, 0) is 38.5 Å². The number of carbonyl (C=O) groups excluding carboxylic acids is 4. The summed E-state index contributed by atoms with van der Waals surface area (Å²) in [5.74, 6) is -2.90. The molecule has 23 heavy (non-hydrogen) atoms. The van der Waals surface area contributed by atoms with E-state index in [-0.39, 0.29) is 118 Å². The second kappa shape index (κ2) is 18.1. The average molecular weight is 426 g/mol. The van der Waals surface area contributed by atoms with E-state index in [4.69, 9.17) is 0 Å². The van der Waals surface area contributed by atoms with Crippen molar-refractivity contribution in [3.8, 4) is 0 Å². The second-order valence-electron chi connectivity index (χ2n) is 3.44. The first-order chi connectivity index (χ1) is 9.20. The van der Waals surface area contributed by atoms with E-state index in [1.165, 1.54) is 0 Å². The fraction of sp³-hybridized carbons (Fsp3) is 0.600. The third-order valence-corrected chi connectivity index (χ3v) is 1.39. The number of hydrogen-bond acceptors (Lipinski definition) is 10. The van der Waals surface area contributed by atoms with E-state index in [1.807, 2.05) is 0 Å². The van der Waals surface area contributed by atoms with Crippen LogP contribution in [0, 0.1) is 0 Å². The SMILES string of the molecule is CC(=O)ON(CCN(OC(C)=O)OC(C)=O)OC(C)=O.[Na].[Na].[Sr]. The molecule has 0 aliphatic carbocycles. The fourth-order valence-corrected chi connectivity index (χ4v) is 0.957. The molecule has 4 radical (unpaired) electrons. The first kappa shape index (κ1) is 32.0. The molecule has 0 aliphatic rings. The van der Waals surface area contributed by atoms with Crippen LogP contribution in [0.15, 0.2) is 0 Å². The summed E-state index contributed by atoms with van der Waals surface area (Å²) in [4.78, 5) is 61.4. The van der Waals surface area contributed by atoms with Gasteiger partial charge in [0.05, 0.1) is 13.1 Å². The first-order valence-corrected chi connectivity index (χ1v) is 5.50. The molecule has 0 N–H and O–H groups in total. The molecule has 0 rings (SSSR count). The Hall–Kier alpha value is 1.28. The fourth-order valence-electron chi connectivity index (χ4n) is 0.957. The standard InChI is InChI=1S/C10H16N2O8.2Na.Sr/c1-7(13)17-11(18-8(2)14)5-6-12(19-9(3)15)20-10(4)16;;;/h5-6H2,1-4H3;;;. The van der Waals surface area contributed by atoms with Crippen molar-refractivity contribution in [1.82, 2.24) is 10.5 Å². The van der Waals surface area contributed by atoms with Crippen molar-refractivity contribution in [2.24, 2.45) is 0 Å². The molecule has 0 spiro atoms. The van der Waals surface area contributed by atoms with Crippen molar-refractivity contribution in [3.63, 3.8) is 0 Å². The largest absolute Gasteiger partial charge is 0.333 e. The molecule has 0 unspecified atom stereocenters. The van der Waals surface area contributed by atoms with E-state index in [1.54, 1.807) is 0 Å². The third kappa shape index (κ3) is 21.2. The predicted molar refractivity (Wildman–Crippen MR) is 77.7 cm³/mol. The molecule has 0 fully saturated rings. The Morgan fingerprint density at radius 3 is 0.913 bits per heavy atom. The summed E-state index contributed by atoms with van der Waals surface area (Å²) in [6.07, 6.45) is 0. The van der Waals surface area contributed by atoms with Crippen molar-refractivity contribution in [2.45, 2.75) is 27.7 Å². The van der Waals surface area contributed by atoms with Crippen LogP contribution in [-0.4, -0.2) is 152 Å². The van der Waals surface area contributed by atoms with E-state index in [9.17, 15) is 19.2 Å². The Morgan fingerprint density at radius 2 is 0.783 bits per heavy atom. The maximum Gasteiger partial charge on any atom is 0.326 e. The van der Waals surface area contributed by atoms with Gasteiger partial charge in [0, 0.05) is 143 Å². The number of hydrogen-bond donors (Lipinski definition) is 0. The summed E-state index contributed by atoms with van der Waals surface area (Å²) in [6, 6.07) is 0. The summed E-state index contributed by atoms with van der Waals surface area (Å²) in [5.41, 5.74) is 0. The molecule has 0 saturated heterocycles. The van der Waals surface area contributed by atoms with E-state index in [2.05, 4.69) is 19.4 Å². The maximum absolute atomic E-state index is 10.8. The minimum atomic E-state index is -0.724. The van der Waals surface area contributed by atoms with E-state index < -0.39 is 23.9 Å². The van der Waals surface area contributed by atoms with E-state index in [0.29, 0.717) is 10.5 Å². The van der Waals surface area contributed by atoms with Gasteiger partial charge in [0.15, 0.2) is 0 Å². The Morgan fingerprint density at radius 1 is 0.609 bits per heavy atom. The number of hydroxylamine groups is 4. The molecular weight excluding hydrogens is 410 g/mol. The van der Waals surface area contributed by atoms with Crippen LogP contribution >= 0.6 is 0 Å². The zero-order valence-corrected chi connectivity index (χ0v) is 21.8. The normalized spacial score (nSPS) is 8.78. The Labute approximate surface area is 215 Å². The molecule has 0 bridgehead atoms. The number of nitrogens with zero attached hydrogens (tertiary/aromatic N) is 2. The van der Waals surface area contributed by atoms with Crippen molar-refractivity contribution in [3.05, 3.63) is 0 Å². The van der Waals surface area contributed by atoms with Gasteiger partial charge in [0.25, 0.3) is 0 Å². The zero-order chi connectivity index (χ0) is 15.7. The minimum absolute atomic E-state index is 0. The predicted octanol–water partition coefficient (Wildman–Crippen LogP) is -1.64. The topological polar surface area (TPSA) is 112 Å². The van der Waals surface area contributed by atoms with Crippen LogP contribution in [0.5, 0.6) is 0 Å². The Balaban J connectivity index is -0.000000602. The molecule has 0 aromatic heterocycles. The Kier molecular flexibility index (Phi) is 25.2. The minimum Gasteiger partial charge on any atom is -0.333 e. The van der Waals surface area contributed by atoms with Gasteiger partial charge in [-0.15, -0.1) is 0 Å². The smallest absolute Gasteiger partial charge is 0.326 e. The van der Waals surface area contributed by atoms with Crippen molar-refractivity contribution in [2.75, 3.05) is 13.1 Å². The summed E-state index contributed by atoms with van der Waals surface area (Å²) < 4.78 is 0. The van der Waals surface area contributed by atoms with Gasteiger partial charge in [-0.25, -0.2) is 0 Å². The van der Waals surface area contributed by atoms with E-state index >= 15 is 0 Å². The van der Waals surface area contributed by atoms with Crippen LogP contribution in [0.1, 0.15) is 27.7 Å². The van der Waals surface area contributed by atoms with Crippen molar-refractivity contribution < 1.29 is 38.5 Å². The summed E-state index contributed by atoms with van der Waals surface area (Å²) in [5, 5.41) is 1.15. The summed E-state index contributed by atoms with van der Waals surface area (Å²) >= 11 is 0. The quantitative estimate of drug-likeness (QED) is 0.347. The molecule has 0 aromatic carbocycles. The third-order valence-electron chi connectivity index (χ3n) is 1.39. The van der Waals surface area contributed by atoms with Gasteiger partial charge < -0.3 is 19.4 Å². The molecule has 0 heterocycles. The summed E-state index contributed by atoms with van der Waals surface area (Å²) in [7, 11) is 0. The number of carbonyl (C=O) groups is 4. The molecular formula is C10H16N2Na2O8Sr. The molecule has 10 nitrogen and oxygen atoms in total. The van der Waals surface area contributed by atoms with Crippen LogP contribution in [0.2, 0.25) is 0 Å². The average Bonchev–Trinajstić information content (AvgIpc) is 2.22. The zero-order valence-electron chi connectivity index (χ0n) is 14.3. The monoisotopic (exact) mass is 426 g/mol. The van der Waals surface area contributed by atoms with Gasteiger partial charge in [-0.2, -0.15) is 0 Å². The van der Waals surface area contributed by atoms with Gasteiger partial charge in [0.1, 0.15) is 0 Å². The molecule has 0 aromatic rings. The van der Waals surface area contributed by atoms with Crippen LogP contribution in [0.3, 0.4) is 0 Å². The van der Waals surface area contributed by atoms with E-state index in [0.717, 1.165) is 27.7 Å². The van der Waals surface area contributed by atoms with Gasteiger partial charge in [-0.1, -0.05) is 0 Å².